The van der Waals surface area contributed by atoms with Gasteiger partial charge in [0.15, 0.2) is 0 Å². The molecule has 118 valence electrons. The van der Waals surface area contributed by atoms with Crippen molar-refractivity contribution in [3.63, 3.8) is 0 Å². The van der Waals surface area contributed by atoms with Crippen molar-refractivity contribution in [1.82, 2.24) is 20.3 Å². The summed E-state index contributed by atoms with van der Waals surface area (Å²) in [4.78, 5) is 24.6. The van der Waals surface area contributed by atoms with E-state index >= 15 is 0 Å². The van der Waals surface area contributed by atoms with Crippen LogP contribution in [-0.4, -0.2) is 27.4 Å². The largest absolute Gasteiger partial charge is 0.356 e. The van der Waals surface area contributed by atoms with Crippen LogP contribution in [0.3, 0.4) is 0 Å². The van der Waals surface area contributed by atoms with Crippen LogP contribution in [-0.2, 0) is 17.6 Å². The van der Waals surface area contributed by atoms with Crippen LogP contribution in [0.1, 0.15) is 17.8 Å². The summed E-state index contributed by atoms with van der Waals surface area (Å²) in [7, 11) is 0. The van der Waals surface area contributed by atoms with E-state index in [-0.39, 0.29) is 5.91 Å². The zero-order chi connectivity index (χ0) is 15.9. The molecule has 3 aromatic rings. The van der Waals surface area contributed by atoms with E-state index in [4.69, 9.17) is 0 Å². The minimum Gasteiger partial charge on any atom is -0.356 e. The van der Waals surface area contributed by atoms with Crippen molar-refractivity contribution in [3.8, 4) is 10.6 Å². The second kappa shape index (κ2) is 7.94. The molecule has 7 heteroatoms. The van der Waals surface area contributed by atoms with Crippen LogP contribution in [0.15, 0.2) is 40.8 Å². The lowest BCUT2D eigenvalue weighted by Gasteiger charge is -2.03. The molecule has 5 nitrogen and oxygen atoms in total. The number of hydrogen-bond acceptors (Lipinski definition) is 6. The SMILES string of the molecule is O=C(CCc1csc(-c2ccncc2)n1)NCCc1cscn1. The molecular weight excluding hydrogens is 328 g/mol. The number of aryl methyl sites for hydroxylation is 1. The molecule has 1 amide bonds. The monoisotopic (exact) mass is 344 g/mol. The molecule has 0 aliphatic rings. The number of pyridine rings is 1. The van der Waals surface area contributed by atoms with Crippen LogP contribution in [0.2, 0.25) is 0 Å². The Hall–Kier alpha value is -2.12. The van der Waals surface area contributed by atoms with Gasteiger partial charge in [-0.15, -0.1) is 22.7 Å². The Morgan fingerprint density at radius 2 is 2.00 bits per heavy atom. The molecule has 0 spiro atoms. The van der Waals surface area contributed by atoms with Gasteiger partial charge in [-0.2, -0.15) is 0 Å². The van der Waals surface area contributed by atoms with Gasteiger partial charge in [-0.1, -0.05) is 0 Å². The number of rotatable bonds is 7. The van der Waals surface area contributed by atoms with E-state index < -0.39 is 0 Å². The van der Waals surface area contributed by atoms with Gasteiger partial charge < -0.3 is 5.32 Å². The Labute approximate surface area is 142 Å². The molecule has 1 N–H and O–H groups in total. The van der Waals surface area contributed by atoms with E-state index in [2.05, 4.69) is 20.3 Å². The highest BCUT2D eigenvalue weighted by molar-refractivity contribution is 7.13. The predicted molar refractivity (Wildman–Crippen MR) is 92.5 cm³/mol. The molecule has 0 atom stereocenters. The number of nitrogens with one attached hydrogen (secondary N) is 1. The molecule has 0 aromatic carbocycles. The molecule has 3 heterocycles. The fraction of sp³-hybridized carbons (Fsp3) is 0.250. The van der Waals surface area contributed by atoms with E-state index in [1.54, 1.807) is 40.6 Å². The lowest BCUT2D eigenvalue weighted by atomic mass is 10.2. The van der Waals surface area contributed by atoms with Crippen molar-refractivity contribution < 1.29 is 4.79 Å². The summed E-state index contributed by atoms with van der Waals surface area (Å²) in [5.74, 6) is 0.0543. The van der Waals surface area contributed by atoms with E-state index in [1.165, 1.54) is 0 Å². The average molecular weight is 344 g/mol. The van der Waals surface area contributed by atoms with Crippen molar-refractivity contribution in [2.24, 2.45) is 0 Å². The van der Waals surface area contributed by atoms with Gasteiger partial charge in [0.25, 0.3) is 0 Å². The Balaban J connectivity index is 1.43. The quantitative estimate of drug-likeness (QED) is 0.715. The van der Waals surface area contributed by atoms with E-state index in [0.29, 0.717) is 19.4 Å². The number of carbonyl (C=O) groups is 1. The lowest BCUT2D eigenvalue weighted by molar-refractivity contribution is -0.121. The van der Waals surface area contributed by atoms with Gasteiger partial charge in [-0.05, 0) is 18.6 Å². The topological polar surface area (TPSA) is 67.8 Å². The number of hydrogen-bond donors (Lipinski definition) is 1. The zero-order valence-corrected chi connectivity index (χ0v) is 14.1. The summed E-state index contributed by atoms with van der Waals surface area (Å²) in [5.41, 5.74) is 4.84. The van der Waals surface area contributed by atoms with Crippen LogP contribution < -0.4 is 5.32 Å². The maximum Gasteiger partial charge on any atom is 0.220 e. The molecule has 0 aliphatic carbocycles. The van der Waals surface area contributed by atoms with Crippen LogP contribution in [0.4, 0.5) is 0 Å². The van der Waals surface area contributed by atoms with Crippen LogP contribution in [0.5, 0.6) is 0 Å². The number of thiazole rings is 2. The van der Waals surface area contributed by atoms with Gasteiger partial charge in [-0.25, -0.2) is 9.97 Å². The summed E-state index contributed by atoms with van der Waals surface area (Å²) in [6.45, 7) is 0.627. The van der Waals surface area contributed by atoms with Crippen molar-refractivity contribution >= 4 is 28.6 Å². The Morgan fingerprint density at radius 1 is 1.13 bits per heavy atom. The lowest BCUT2D eigenvalue weighted by Crippen LogP contribution is -2.25. The summed E-state index contributed by atoms with van der Waals surface area (Å²) >= 11 is 3.16. The summed E-state index contributed by atoms with van der Waals surface area (Å²) < 4.78 is 0. The normalized spacial score (nSPS) is 10.6. The maximum atomic E-state index is 11.9. The number of nitrogens with zero attached hydrogens (tertiary/aromatic N) is 3. The second-order valence-corrected chi connectivity index (χ2v) is 6.54. The van der Waals surface area contributed by atoms with E-state index in [0.717, 1.165) is 28.4 Å². The minimum atomic E-state index is 0.0543. The third kappa shape index (κ3) is 4.67. The summed E-state index contributed by atoms with van der Waals surface area (Å²) in [6, 6.07) is 3.88. The van der Waals surface area contributed by atoms with Crippen LogP contribution in [0, 0.1) is 0 Å². The molecule has 0 saturated carbocycles. The van der Waals surface area contributed by atoms with E-state index in [1.807, 2.05) is 22.9 Å². The molecule has 23 heavy (non-hydrogen) atoms. The van der Waals surface area contributed by atoms with E-state index in [9.17, 15) is 4.79 Å². The maximum absolute atomic E-state index is 11.9. The fourth-order valence-corrected chi connectivity index (χ4v) is 3.52. The molecule has 0 saturated heterocycles. The Bertz CT molecular complexity index is 741. The first-order chi connectivity index (χ1) is 11.3. The first-order valence-electron chi connectivity index (χ1n) is 7.30. The Morgan fingerprint density at radius 3 is 2.78 bits per heavy atom. The minimum absolute atomic E-state index is 0.0543. The van der Waals surface area contributed by atoms with Crippen molar-refractivity contribution in [2.45, 2.75) is 19.3 Å². The number of aromatic nitrogens is 3. The van der Waals surface area contributed by atoms with Crippen molar-refractivity contribution in [1.29, 1.82) is 0 Å². The Kier molecular flexibility index (Phi) is 5.44. The summed E-state index contributed by atoms with van der Waals surface area (Å²) in [6.07, 6.45) is 5.40. The predicted octanol–water partition coefficient (Wildman–Crippen LogP) is 2.95. The van der Waals surface area contributed by atoms with Crippen molar-refractivity contribution in [2.75, 3.05) is 6.54 Å². The van der Waals surface area contributed by atoms with Gasteiger partial charge in [0.1, 0.15) is 5.01 Å². The van der Waals surface area contributed by atoms with Gasteiger partial charge >= 0.3 is 0 Å². The van der Waals surface area contributed by atoms with Crippen LogP contribution >= 0.6 is 22.7 Å². The molecule has 0 unspecified atom stereocenters. The third-order valence-corrected chi connectivity index (χ3v) is 4.85. The molecule has 3 rings (SSSR count). The molecule has 0 aliphatic heterocycles. The highest BCUT2D eigenvalue weighted by Crippen LogP contribution is 2.23. The molecule has 0 fully saturated rings. The number of carbonyl (C=O) groups excluding carboxylic acids is 1. The first-order valence-corrected chi connectivity index (χ1v) is 9.12. The van der Waals surface area contributed by atoms with Gasteiger partial charge in [-0.3, -0.25) is 9.78 Å². The highest BCUT2D eigenvalue weighted by atomic mass is 32.1. The van der Waals surface area contributed by atoms with Crippen LogP contribution in [0.25, 0.3) is 10.6 Å². The molecule has 0 bridgehead atoms. The smallest absolute Gasteiger partial charge is 0.220 e. The molecule has 3 aromatic heterocycles. The standard InChI is InChI=1S/C16H16N4OS2/c21-15(18-8-5-13-9-22-11-19-13)2-1-14-10-23-16(20-14)12-3-6-17-7-4-12/h3-4,6-7,9-11H,1-2,5,8H2,(H,18,21). The third-order valence-electron chi connectivity index (χ3n) is 3.27. The van der Waals surface area contributed by atoms with Gasteiger partial charge in [0.2, 0.25) is 5.91 Å². The fourth-order valence-electron chi connectivity index (χ4n) is 2.07. The first kappa shape index (κ1) is 15.8. The second-order valence-electron chi connectivity index (χ2n) is 4.96. The highest BCUT2D eigenvalue weighted by Gasteiger charge is 2.07. The molecule has 0 radical (unpaired) electrons. The van der Waals surface area contributed by atoms with Crippen molar-refractivity contribution in [3.05, 3.63) is 52.2 Å². The average Bonchev–Trinajstić information content (AvgIpc) is 3.25. The number of amides is 1. The zero-order valence-electron chi connectivity index (χ0n) is 12.4. The summed E-state index contributed by atoms with van der Waals surface area (Å²) in [5, 5.41) is 7.90. The van der Waals surface area contributed by atoms with Gasteiger partial charge in [0.05, 0.1) is 16.9 Å². The van der Waals surface area contributed by atoms with Gasteiger partial charge in [0, 0.05) is 48.1 Å². The molecular formula is C16H16N4OS2.